The largest absolute Gasteiger partial charge is 0.490 e. The maximum atomic E-state index is 10.1. The Labute approximate surface area is 65.8 Å². The summed E-state index contributed by atoms with van der Waals surface area (Å²) in [7, 11) is 0.364. The van der Waals surface area contributed by atoms with E-state index in [1.54, 1.807) is 0 Å². The first-order valence-corrected chi connectivity index (χ1v) is 3.47. The number of nitrogens with zero attached hydrogens (tertiary/aromatic N) is 1. The minimum atomic E-state index is -1.10. The Bertz CT molecular complexity index is 121. The van der Waals surface area contributed by atoms with E-state index in [0.29, 0.717) is 14.1 Å². The molecule has 11 heavy (non-hydrogen) atoms. The average Bonchev–Trinajstić information content (AvgIpc) is 1.97. The third kappa shape index (κ3) is 4.75. The topological polar surface area (TPSA) is 72.6 Å². The van der Waals surface area contributed by atoms with Gasteiger partial charge in [-0.1, -0.05) is 13.3 Å². The second-order valence-electron chi connectivity index (χ2n) is 2.12. The van der Waals surface area contributed by atoms with Crippen molar-refractivity contribution < 1.29 is 14.6 Å². The fraction of sp³-hybridized carbons (Fsp3) is 1.00. The monoisotopic (exact) mass is 160 g/mol. The van der Waals surface area contributed by atoms with Crippen LogP contribution in [0.25, 0.3) is 0 Å². The van der Waals surface area contributed by atoms with E-state index in [1.807, 2.05) is 6.92 Å². The number of hydrogen-bond acceptors (Lipinski definition) is 4. The summed E-state index contributed by atoms with van der Waals surface area (Å²) in [4.78, 5) is 9.59. The maximum Gasteiger partial charge on any atom is 0.490 e. The zero-order valence-corrected chi connectivity index (χ0v) is 6.40. The van der Waals surface area contributed by atoms with Crippen LogP contribution in [0, 0.1) is 10.1 Å². The van der Waals surface area contributed by atoms with Crippen molar-refractivity contribution in [2.75, 3.05) is 0 Å². The molecule has 0 aromatic rings. The van der Waals surface area contributed by atoms with Gasteiger partial charge in [0, 0.05) is 6.42 Å². The summed E-state index contributed by atoms with van der Waals surface area (Å²) in [6.45, 7) is 1.93. The zero-order chi connectivity index (χ0) is 8.69. The van der Waals surface area contributed by atoms with Crippen LogP contribution in [0.4, 0.5) is 0 Å². The van der Waals surface area contributed by atoms with Crippen molar-refractivity contribution >= 4 is 7.69 Å². The molecule has 0 fully saturated rings. The molecule has 0 amide bonds. The summed E-state index contributed by atoms with van der Waals surface area (Å²) in [6, 6.07) is 0. The molecule has 1 unspecified atom stereocenters. The highest BCUT2D eigenvalue weighted by Crippen LogP contribution is 2.03. The van der Waals surface area contributed by atoms with Crippen molar-refractivity contribution in [1.29, 1.82) is 0 Å². The lowest BCUT2D eigenvalue weighted by Gasteiger charge is -2.06. The van der Waals surface area contributed by atoms with Gasteiger partial charge in [-0.2, -0.15) is 0 Å². The van der Waals surface area contributed by atoms with Gasteiger partial charge in [-0.3, -0.25) is 10.1 Å². The van der Waals surface area contributed by atoms with Gasteiger partial charge < -0.3 is 9.68 Å². The predicted octanol–water partition coefficient (Wildman–Crippen LogP) is 0.322. The maximum absolute atomic E-state index is 10.1. The number of nitro groups is 1. The second kappa shape index (κ2) is 6.12. The molecular weight excluding hydrogens is 149 g/mol. The standard InChI is InChI=1S/C5H11BNO4/c1-2-3-4-5(7(9)10)11-6-8/h5,8H,2-4H2,1H3. The van der Waals surface area contributed by atoms with Gasteiger partial charge in [0.15, 0.2) is 0 Å². The van der Waals surface area contributed by atoms with Crippen molar-refractivity contribution in [2.45, 2.75) is 32.4 Å². The minimum Gasteiger partial charge on any atom is -0.429 e. The van der Waals surface area contributed by atoms with Gasteiger partial charge in [0.05, 0.1) is 4.92 Å². The number of rotatable bonds is 6. The van der Waals surface area contributed by atoms with Crippen molar-refractivity contribution in [3.05, 3.63) is 10.1 Å². The Morgan fingerprint density at radius 2 is 2.45 bits per heavy atom. The van der Waals surface area contributed by atoms with Gasteiger partial charge in [0.2, 0.25) is 0 Å². The van der Waals surface area contributed by atoms with E-state index >= 15 is 0 Å². The van der Waals surface area contributed by atoms with Crippen LogP contribution in [0.15, 0.2) is 0 Å². The third-order valence-electron chi connectivity index (χ3n) is 1.26. The van der Waals surface area contributed by atoms with E-state index < -0.39 is 11.2 Å². The molecule has 0 heterocycles. The lowest BCUT2D eigenvalue weighted by molar-refractivity contribution is -0.565. The van der Waals surface area contributed by atoms with Crippen molar-refractivity contribution in [3.63, 3.8) is 0 Å². The fourth-order valence-corrected chi connectivity index (χ4v) is 0.672. The summed E-state index contributed by atoms with van der Waals surface area (Å²) in [5, 5.41) is 18.3. The van der Waals surface area contributed by atoms with Crippen molar-refractivity contribution in [3.8, 4) is 0 Å². The summed E-state index contributed by atoms with van der Waals surface area (Å²) in [5.74, 6) is 0. The van der Waals surface area contributed by atoms with E-state index in [0.717, 1.165) is 12.8 Å². The van der Waals surface area contributed by atoms with Gasteiger partial charge in [-0.05, 0) is 6.42 Å². The normalized spacial score (nSPS) is 12.5. The Balaban J connectivity index is 3.60. The molecule has 0 rings (SSSR count). The third-order valence-corrected chi connectivity index (χ3v) is 1.26. The van der Waals surface area contributed by atoms with Gasteiger partial charge in [-0.25, -0.2) is 0 Å². The van der Waals surface area contributed by atoms with E-state index in [2.05, 4.69) is 4.65 Å². The first-order chi connectivity index (χ1) is 5.22. The van der Waals surface area contributed by atoms with E-state index in [9.17, 15) is 10.1 Å². The first kappa shape index (κ1) is 10.4. The van der Waals surface area contributed by atoms with Gasteiger partial charge in [-0.15, -0.1) is 0 Å². The molecule has 0 saturated carbocycles. The molecule has 1 N–H and O–H groups in total. The number of unbranched alkanes of at least 4 members (excludes halogenated alkanes) is 1. The molecule has 0 aliphatic carbocycles. The lowest BCUT2D eigenvalue weighted by atomic mass is 10.2. The molecule has 0 spiro atoms. The summed E-state index contributed by atoms with van der Waals surface area (Å²) < 4.78 is 4.34. The van der Waals surface area contributed by atoms with Crippen LogP contribution < -0.4 is 0 Å². The van der Waals surface area contributed by atoms with Crippen LogP contribution in [0.1, 0.15) is 26.2 Å². The van der Waals surface area contributed by atoms with E-state index in [1.165, 1.54) is 0 Å². The molecule has 63 valence electrons. The van der Waals surface area contributed by atoms with E-state index in [4.69, 9.17) is 5.02 Å². The highest BCUT2D eigenvalue weighted by molar-refractivity contribution is 6.15. The van der Waals surface area contributed by atoms with Crippen LogP contribution in [0.5, 0.6) is 0 Å². The molecule has 0 aliphatic rings. The average molecular weight is 160 g/mol. The molecule has 6 heteroatoms. The molecule has 0 bridgehead atoms. The summed E-state index contributed by atoms with van der Waals surface area (Å²) in [5.41, 5.74) is 0. The quantitative estimate of drug-likeness (QED) is 0.263. The predicted molar refractivity (Wildman–Crippen MR) is 39.4 cm³/mol. The Hall–Kier alpha value is -0.615. The first-order valence-electron chi connectivity index (χ1n) is 3.47. The Morgan fingerprint density at radius 1 is 1.82 bits per heavy atom. The molecule has 5 nitrogen and oxygen atoms in total. The molecule has 0 aromatic carbocycles. The minimum absolute atomic E-state index is 0.334. The van der Waals surface area contributed by atoms with Crippen LogP contribution in [0.3, 0.4) is 0 Å². The van der Waals surface area contributed by atoms with E-state index in [-0.39, 0.29) is 0 Å². The van der Waals surface area contributed by atoms with Gasteiger partial charge in [0.1, 0.15) is 0 Å². The number of hydrogen-bond donors (Lipinski definition) is 1. The fourth-order valence-electron chi connectivity index (χ4n) is 0.672. The molecule has 1 atom stereocenters. The zero-order valence-electron chi connectivity index (χ0n) is 6.40. The van der Waals surface area contributed by atoms with Gasteiger partial charge >= 0.3 is 13.9 Å². The highest BCUT2D eigenvalue weighted by atomic mass is 16.7. The molecule has 0 saturated heterocycles. The molecule has 0 aromatic heterocycles. The SMILES string of the molecule is CCCCC(O[B]O)[N+](=O)[O-]. The lowest BCUT2D eigenvalue weighted by Crippen LogP contribution is -2.24. The smallest absolute Gasteiger partial charge is 0.429 e. The van der Waals surface area contributed by atoms with Crippen LogP contribution in [-0.4, -0.2) is 23.9 Å². The van der Waals surface area contributed by atoms with Crippen molar-refractivity contribution in [2.24, 2.45) is 0 Å². The van der Waals surface area contributed by atoms with Crippen molar-refractivity contribution in [1.82, 2.24) is 0 Å². The Morgan fingerprint density at radius 3 is 2.82 bits per heavy atom. The summed E-state index contributed by atoms with van der Waals surface area (Å²) in [6.07, 6.45) is 0.832. The summed E-state index contributed by atoms with van der Waals surface area (Å²) >= 11 is 0. The highest BCUT2D eigenvalue weighted by Gasteiger charge is 2.18. The van der Waals surface area contributed by atoms with Crippen LogP contribution >= 0.6 is 0 Å². The molecular formula is C5H11BNO4. The molecule has 0 aliphatic heterocycles. The van der Waals surface area contributed by atoms with Crippen LogP contribution in [-0.2, 0) is 4.65 Å². The van der Waals surface area contributed by atoms with Gasteiger partial charge in [0.25, 0.3) is 0 Å². The molecule has 1 radical (unpaired) electrons. The second-order valence-corrected chi connectivity index (χ2v) is 2.12. The Kier molecular flexibility index (Phi) is 5.78. The van der Waals surface area contributed by atoms with Crippen LogP contribution in [0.2, 0.25) is 0 Å².